The second kappa shape index (κ2) is 8.63. The number of hydrogen-bond acceptors (Lipinski definition) is 3. The van der Waals surface area contributed by atoms with Crippen molar-refractivity contribution in [2.45, 2.75) is 103 Å². The van der Waals surface area contributed by atoms with Crippen LogP contribution in [0, 0.1) is 34.5 Å². The van der Waals surface area contributed by atoms with Crippen molar-refractivity contribution >= 4 is 0 Å². The van der Waals surface area contributed by atoms with Crippen LogP contribution in [0.5, 0.6) is 0 Å². The maximum Gasteiger partial charge on any atom is 0.0543 e. The van der Waals surface area contributed by atoms with Crippen molar-refractivity contribution in [1.29, 1.82) is 0 Å². The minimum atomic E-state index is -0.145. The zero-order valence-corrected chi connectivity index (χ0v) is 19.0. The number of nitrogens with one attached hydrogen (secondary N) is 1. The van der Waals surface area contributed by atoms with Gasteiger partial charge >= 0.3 is 0 Å². The van der Waals surface area contributed by atoms with Crippen molar-refractivity contribution < 1.29 is 10.2 Å². The summed E-state index contributed by atoms with van der Waals surface area (Å²) in [7, 11) is 0. The van der Waals surface area contributed by atoms with E-state index in [1.165, 1.54) is 56.9 Å². The van der Waals surface area contributed by atoms with Crippen LogP contribution in [0.4, 0.5) is 0 Å². The van der Waals surface area contributed by atoms with Gasteiger partial charge in [-0.2, -0.15) is 0 Å². The third kappa shape index (κ3) is 3.96. The lowest BCUT2D eigenvalue weighted by molar-refractivity contribution is -0.0935. The molecule has 4 fully saturated rings. The van der Waals surface area contributed by atoms with E-state index in [1.54, 1.807) is 0 Å². The summed E-state index contributed by atoms with van der Waals surface area (Å²) in [5, 5.41) is 25.0. The van der Waals surface area contributed by atoms with Gasteiger partial charge in [-0.05, 0) is 98.8 Å². The Balaban J connectivity index is 1.52. The second-order valence-corrected chi connectivity index (χ2v) is 11.5. The van der Waals surface area contributed by atoms with Crippen LogP contribution in [-0.2, 0) is 0 Å². The van der Waals surface area contributed by atoms with Crippen molar-refractivity contribution in [3.05, 3.63) is 12.2 Å². The van der Waals surface area contributed by atoms with Crippen molar-refractivity contribution in [2.24, 2.45) is 34.5 Å². The van der Waals surface area contributed by atoms with E-state index < -0.39 is 0 Å². The van der Waals surface area contributed by atoms with Crippen LogP contribution in [0.2, 0.25) is 0 Å². The quantitative estimate of drug-likeness (QED) is 0.562. The standard InChI is InChI=1S/C26H45NO2/c1-18-9-10-23-22(17-28)24(12-14-25(18,23)2)26(3)13-11-21(29)15-19(26)16-27-20-7-5-4-6-8-20/h19-24,27-29H,1,4-17H2,2-3H3/t19-,21+,22-,23?,24?,25+,26+/m1/s1. The molecule has 0 heterocycles. The molecule has 0 bridgehead atoms. The lowest BCUT2D eigenvalue weighted by Crippen LogP contribution is -2.53. The number of fused-ring (bicyclic) bond motifs is 1. The summed E-state index contributed by atoms with van der Waals surface area (Å²) in [4.78, 5) is 0. The Morgan fingerprint density at radius 3 is 2.48 bits per heavy atom. The normalized spacial score (nSPS) is 46.6. The molecule has 7 atom stereocenters. The van der Waals surface area contributed by atoms with E-state index in [9.17, 15) is 10.2 Å². The lowest BCUT2D eigenvalue weighted by Gasteiger charge is -2.56. The van der Waals surface area contributed by atoms with Crippen molar-refractivity contribution in [3.8, 4) is 0 Å². The first-order valence-corrected chi connectivity index (χ1v) is 12.6. The van der Waals surface area contributed by atoms with E-state index in [1.807, 2.05) is 0 Å². The van der Waals surface area contributed by atoms with Crippen LogP contribution in [0.15, 0.2) is 12.2 Å². The first-order chi connectivity index (χ1) is 13.9. The molecule has 3 nitrogen and oxygen atoms in total. The Morgan fingerprint density at radius 1 is 1.00 bits per heavy atom. The highest BCUT2D eigenvalue weighted by atomic mass is 16.3. The summed E-state index contributed by atoms with van der Waals surface area (Å²) in [6.07, 6.45) is 14.4. The molecule has 166 valence electrons. The maximum absolute atomic E-state index is 10.5. The average Bonchev–Trinajstić information content (AvgIpc) is 3.03. The maximum atomic E-state index is 10.5. The van der Waals surface area contributed by atoms with Crippen LogP contribution >= 0.6 is 0 Å². The van der Waals surface area contributed by atoms with Gasteiger partial charge in [0.2, 0.25) is 0 Å². The van der Waals surface area contributed by atoms with Crippen LogP contribution in [-0.4, -0.2) is 35.5 Å². The first kappa shape index (κ1) is 21.8. The predicted molar refractivity (Wildman–Crippen MR) is 120 cm³/mol. The van der Waals surface area contributed by atoms with E-state index >= 15 is 0 Å². The smallest absolute Gasteiger partial charge is 0.0543 e. The Bertz CT molecular complexity index is 585. The van der Waals surface area contributed by atoms with Gasteiger partial charge in [0.25, 0.3) is 0 Å². The van der Waals surface area contributed by atoms with Gasteiger partial charge < -0.3 is 15.5 Å². The Labute approximate surface area is 178 Å². The van der Waals surface area contributed by atoms with Crippen LogP contribution in [0.3, 0.4) is 0 Å². The molecule has 3 heteroatoms. The van der Waals surface area contributed by atoms with Gasteiger partial charge in [0.1, 0.15) is 0 Å². The molecule has 0 aromatic carbocycles. The summed E-state index contributed by atoms with van der Waals surface area (Å²) in [6.45, 7) is 10.7. The number of hydrogen-bond donors (Lipinski definition) is 3. The molecule has 3 N–H and O–H groups in total. The van der Waals surface area contributed by atoms with Gasteiger partial charge in [-0.1, -0.05) is 45.3 Å². The molecule has 0 aliphatic heterocycles. The average molecular weight is 404 g/mol. The number of allylic oxidation sites excluding steroid dienone is 1. The van der Waals surface area contributed by atoms with E-state index in [0.717, 1.165) is 32.2 Å². The zero-order chi connectivity index (χ0) is 20.6. The third-order valence-corrected chi connectivity index (χ3v) is 10.2. The predicted octanol–water partition coefficient (Wildman–Crippen LogP) is 5.07. The van der Waals surface area contributed by atoms with Gasteiger partial charge in [0, 0.05) is 12.6 Å². The summed E-state index contributed by atoms with van der Waals surface area (Å²) >= 11 is 0. The van der Waals surface area contributed by atoms with Crippen molar-refractivity contribution in [2.75, 3.05) is 13.2 Å². The number of aliphatic hydroxyl groups excluding tert-OH is 2. The highest BCUT2D eigenvalue weighted by molar-refractivity contribution is 5.20. The molecule has 4 rings (SSSR count). The number of aliphatic hydroxyl groups is 2. The Hall–Kier alpha value is -0.380. The molecule has 4 saturated carbocycles. The van der Waals surface area contributed by atoms with Crippen LogP contribution in [0.25, 0.3) is 0 Å². The monoisotopic (exact) mass is 403 g/mol. The van der Waals surface area contributed by atoms with E-state index in [4.69, 9.17) is 0 Å². The van der Waals surface area contributed by atoms with Crippen LogP contribution in [0.1, 0.15) is 90.9 Å². The van der Waals surface area contributed by atoms with Crippen molar-refractivity contribution in [3.63, 3.8) is 0 Å². The molecule has 4 aliphatic rings. The van der Waals surface area contributed by atoms with E-state index in [-0.39, 0.29) is 16.9 Å². The van der Waals surface area contributed by atoms with Crippen LogP contribution < -0.4 is 5.32 Å². The molecule has 0 saturated heterocycles. The van der Waals surface area contributed by atoms with E-state index in [0.29, 0.717) is 36.3 Å². The summed E-state index contributed by atoms with van der Waals surface area (Å²) < 4.78 is 0. The van der Waals surface area contributed by atoms with E-state index in [2.05, 4.69) is 25.7 Å². The lowest BCUT2D eigenvalue weighted by atomic mass is 9.49. The van der Waals surface area contributed by atoms with Gasteiger partial charge in [-0.3, -0.25) is 0 Å². The summed E-state index contributed by atoms with van der Waals surface area (Å²) in [5.41, 5.74) is 1.89. The molecule has 2 unspecified atom stereocenters. The fourth-order valence-corrected chi connectivity index (χ4v) is 8.09. The molecule has 29 heavy (non-hydrogen) atoms. The minimum Gasteiger partial charge on any atom is -0.396 e. The largest absolute Gasteiger partial charge is 0.396 e. The highest BCUT2D eigenvalue weighted by Crippen LogP contribution is 2.63. The molecule has 0 aromatic rings. The Kier molecular flexibility index (Phi) is 6.50. The molecular weight excluding hydrogens is 358 g/mol. The van der Waals surface area contributed by atoms with Gasteiger partial charge in [0.05, 0.1) is 6.10 Å². The second-order valence-electron chi connectivity index (χ2n) is 11.5. The molecule has 4 aliphatic carbocycles. The first-order valence-electron chi connectivity index (χ1n) is 12.6. The molecule has 0 spiro atoms. The van der Waals surface area contributed by atoms with Gasteiger partial charge in [0.15, 0.2) is 0 Å². The Morgan fingerprint density at radius 2 is 1.76 bits per heavy atom. The fourth-order valence-electron chi connectivity index (χ4n) is 8.09. The third-order valence-electron chi connectivity index (χ3n) is 10.2. The molecular formula is C26H45NO2. The molecule has 0 amide bonds. The number of rotatable bonds is 5. The van der Waals surface area contributed by atoms with Gasteiger partial charge in [-0.15, -0.1) is 0 Å². The summed E-state index contributed by atoms with van der Waals surface area (Å²) in [5.74, 6) is 2.07. The highest BCUT2D eigenvalue weighted by Gasteiger charge is 2.56. The molecule has 0 radical (unpaired) electrons. The fraction of sp³-hybridized carbons (Fsp3) is 0.923. The zero-order valence-electron chi connectivity index (χ0n) is 19.0. The topological polar surface area (TPSA) is 52.5 Å². The van der Waals surface area contributed by atoms with Gasteiger partial charge in [-0.25, -0.2) is 0 Å². The minimum absolute atomic E-state index is 0.145. The summed E-state index contributed by atoms with van der Waals surface area (Å²) in [6, 6.07) is 0.675. The SMILES string of the molecule is C=C1CCC2[C@@H](CO)C([C@@]3(C)CC[C@H](O)C[C@@H]3CNC3CCCCC3)CC[C@@]12C. The van der Waals surface area contributed by atoms with Crippen molar-refractivity contribution in [1.82, 2.24) is 5.32 Å². The molecule has 0 aromatic heterocycles.